The van der Waals surface area contributed by atoms with E-state index >= 15 is 0 Å². The number of nitrogens with two attached hydrogens (primary N) is 1. The van der Waals surface area contributed by atoms with E-state index in [2.05, 4.69) is 5.32 Å². The van der Waals surface area contributed by atoms with Crippen LogP contribution in [-0.4, -0.2) is 28.4 Å². The van der Waals surface area contributed by atoms with Crippen molar-refractivity contribution in [2.75, 3.05) is 0 Å². The monoisotopic (exact) mass is 276 g/mol. The Kier molecular flexibility index (Phi) is 3.48. The van der Waals surface area contributed by atoms with Crippen LogP contribution in [0, 0.1) is 5.92 Å². The van der Waals surface area contributed by atoms with Gasteiger partial charge >= 0.3 is 5.97 Å². The molecule has 4 N–H and O–H groups in total. The lowest BCUT2D eigenvalue weighted by Crippen LogP contribution is -2.54. The largest absolute Gasteiger partial charge is 0.480 e. The first-order valence-electron chi connectivity index (χ1n) is 6.30. The maximum Gasteiger partial charge on any atom is 0.329 e. The number of hydrogen-bond donors (Lipinski definition) is 3. The number of benzene rings is 1. The first kappa shape index (κ1) is 14.0. The Labute approximate surface area is 116 Å². The van der Waals surface area contributed by atoms with E-state index in [-0.39, 0.29) is 17.0 Å². The van der Waals surface area contributed by atoms with Crippen LogP contribution in [0.25, 0.3) is 0 Å². The molecule has 6 heteroatoms. The van der Waals surface area contributed by atoms with Gasteiger partial charge in [0.25, 0.3) is 5.91 Å². The molecular weight excluding hydrogens is 260 g/mol. The first-order valence-corrected chi connectivity index (χ1v) is 6.30. The Morgan fingerprint density at radius 3 is 2.40 bits per heavy atom. The van der Waals surface area contributed by atoms with Crippen LogP contribution in [0.3, 0.4) is 0 Å². The summed E-state index contributed by atoms with van der Waals surface area (Å²) in [6.45, 7) is 1.50. The Bertz CT molecular complexity index is 580. The molecule has 1 saturated carbocycles. The van der Waals surface area contributed by atoms with Gasteiger partial charge in [0.05, 0.1) is 0 Å². The molecule has 1 atom stereocenters. The minimum Gasteiger partial charge on any atom is -0.480 e. The summed E-state index contributed by atoms with van der Waals surface area (Å²) in [5.41, 5.74) is 4.30. The zero-order valence-electron chi connectivity index (χ0n) is 11.1. The molecule has 0 bridgehead atoms. The van der Waals surface area contributed by atoms with Gasteiger partial charge in [0.15, 0.2) is 0 Å². The van der Waals surface area contributed by atoms with E-state index in [1.54, 1.807) is 0 Å². The van der Waals surface area contributed by atoms with Crippen LogP contribution in [0.5, 0.6) is 0 Å². The second-order valence-electron chi connectivity index (χ2n) is 5.18. The van der Waals surface area contributed by atoms with Gasteiger partial charge in [-0.2, -0.15) is 0 Å². The van der Waals surface area contributed by atoms with Gasteiger partial charge in [0, 0.05) is 11.1 Å². The molecule has 0 heterocycles. The summed E-state index contributed by atoms with van der Waals surface area (Å²) in [4.78, 5) is 34.6. The molecule has 106 valence electrons. The molecule has 0 aromatic heterocycles. The van der Waals surface area contributed by atoms with Gasteiger partial charge < -0.3 is 16.2 Å². The summed E-state index contributed by atoms with van der Waals surface area (Å²) in [7, 11) is 0. The molecule has 2 amide bonds. The SMILES string of the molecule is CC(NC(=O)c1cccc(C(N)=O)c1)(C(=O)O)C1CC1. The minimum atomic E-state index is -1.28. The predicted octanol–water partition coefficient (Wildman–Crippen LogP) is 0.769. The van der Waals surface area contributed by atoms with E-state index in [0.29, 0.717) is 0 Å². The van der Waals surface area contributed by atoms with Gasteiger partial charge in [-0.25, -0.2) is 4.79 Å². The van der Waals surface area contributed by atoms with E-state index in [1.165, 1.54) is 31.2 Å². The summed E-state index contributed by atoms with van der Waals surface area (Å²) in [6.07, 6.45) is 1.56. The van der Waals surface area contributed by atoms with Gasteiger partial charge in [-0.3, -0.25) is 9.59 Å². The third-order valence-electron chi connectivity index (χ3n) is 3.62. The number of rotatable bonds is 5. The van der Waals surface area contributed by atoms with Crippen molar-refractivity contribution in [3.05, 3.63) is 35.4 Å². The van der Waals surface area contributed by atoms with E-state index in [0.717, 1.165) is 12.8 Å². The molecular formula is C14H16N2O4. The predicted molar refractivity (Wildman–Crippen MR) is 71.2 cm³/mol. The van der Waals surface area contributed by atoms with Crippen molar-refractivity contribution < 1.29 is 19.5 Å². The van der Waals surface area contributed by atoms with Crippen LogP contribution in [0.2, 0.25) is 0 Å². The number of hydrogen-bond acceptors (Lipinski definition) is 3. The lowest BCUT2D eigenvalue weighted by Gasteiger charge is -2.26. The van der Waals surface area contributed by atoms with Crippen molar-refractivity contribution in [2.45, 2.75) is 25.3 Å². The van der Waals surface area contributed by atoms with Gasteiger partial charge in [0.1, 0.15) is 5.54 Å². The highest BCUT2D eigenvalue weighted by atomic mass is 16.4. The summed E-state index contributed by atoms with van der Waals surface area (Å²) in [6, 6.07) is 5.89. The van der Waals surface area contributed by atoms with Crippen LogP contribution in [0.15, 0.2) is 24.3 Å². The molecule has 20 heavy (non-hydrogen) atoms. The van der Waals surface area contributed by atoms with E-state index in [9.17, 15) is 19.5 Å². The van der Waals surface area contributed by atoms with Crippen LogP contribution >= 0.6 is 0 Å². The van der Waals surface area contributed by atoms with Crippen molar-refractivity contribution in [3.8, 4) is 0 Å². The molecule has 1 aliphatic carbocycles. The number of aliphatic carboxylic acids is 1. The lowest BCUT2D eigenvalue weighted by molar-refractivity contribution is -0.144. The third-order valence-corrected chi connectivity index (χ3v) is 3.62. The standard InChI is InChI=1S/C14H16N2O4/c1-14(13(19)20,10-5-6-10)16-12(18)9-4-2-3-8(7-9)11(15)17/h2-4,7,10H,5-6H2,1H3,(H2,15,17)(H,16,18)(H,19,20). The third kappa shape index (κ3) is 2.64. The van der Waals surface area contributed by atoms with Crippen molar-refractivity contribution in [1.82, 2.24) is 5.32 Å². The normalized spacial score (nSPS) is 17.1. The molecule has 1 aromatic rings. The van der Waals surface area contributed by atoms with Crippen LogP contribution in [0.1, 0.15) is 40.5 Å². The minimum absolute atomic E-state index is 0.0525. The number of primary amides is 1. The van der Waals surface area contributed by atoms with Gasteiger partial charge in [-0.15, -0.1) is 0 Å². The molecule has 1 unspecified atom stereocenters. The average Bonchev–Trinajstić information content (AvgIpc) is 3.23. The molecule has 0 radical (unpaired) electrons. The van der Waals surface area contributed by atoms with Crippen LogP contribution in [0.4, 0.5) is 0 Å². The lowest BCUT2D eigenvalue weighted by atomic mass is 9.95. The van der Waals surface area contributed by atoms with Crippen LogP contribution < -0.4 is 11.1 Å². The number of nitrogens with one attached hydrogen (secondary N) is 1. The van der Waals surface area contributed by atoms with Crippen molar-refractivity contribution >= 4 is 17.8 Å². The zero-order chi connectivity index (χ0) is 14.9. The van der Waals surface area contributed by atoms with Crippen molar-refractivity contribution in [1.29, 1.82) is 0 Å². The fourth-order valence-electron chi connectivity index (χ4n) is 2.11. The zero-order valence-corrected chi connectivity index (χ0v) is 11.1. The van der Waals surface area contributed by atoms with Gasteiger partial charge in [-0.1, -0.05) is 6.07 Å². The molecule has 1 aromatic carbocycles. The second kappa shape index (κ2) is 4.96. The molecule has 6 nitrogen and oxygen atoms in total. The first-order chi connectivity index (χ1) is 9.34. The van der Waals surface area contributed by atoms with Gasteiger partial charge in [-0.05, 0) is 43.9 Å². The van der Waals surface area contributed by atoms with E-state index in [4.69, 9.17) is 5.73 Å². The quantitative estimate of drug-likeness (QED) is 0.737. The Hall–Kier alpha value is -2.37. The van der Waals surface area contributed by atoms with Crippen molar-refractivity contribution in [2.24, 2.45) is 11.7 Å². The fourth-order valence-corrected chi connectivity index (χ4v) is 2.11. The van der Waals surface area contributed by atoms with Gasteiger partial charge in [0.2, 0.25) is 5.91 Å². The summed E-state index contributed by atoms with van der Waals surface area (Å²) in [5, 5.41) is 11.8. The second-order valence-corrected chi connectivity index (χ2v) is 5.18. The molecule has 1 fully saturated rings. The summed E-state index contributed by atoms with van der Waals surface area (Å²) in [5.74, 6) is -2.27. The van der Waals surface area contributed by atoms with E-state index in [1.807, 2.05) is 0 Å². The average molecular weight is 276 g/mol. The number of carboxylic acids is 1. The molecule has 0 aliphatic heterocycles. The number of carboxylic acid groups (broad SMARTS) is 1. The number of carbonyl (C=O) groups excluding carboxylic acids is 2. The Morgan fingerprint density at radius 1 is 1.30 bits per heavy atom. The topological polar surface area (TPSA) is 109 Å². The van der Waals surface area contributed by atoms with E-state index < -0.39 is 23.3 Å². The summed E-state index contributed by atoms with van der Waals surface area (Å²) >= 11 is 0. The Morgan fingerprint density at radius 2 is 1.90 bits per heavy atom. The maximum atomic E-state index is 12.1. The number of carbonyl (C=O) groups is 3. The maximum absolute atomic E-state index is 12.1. The highest BCUT2D eigenvalue weighted by molar-refractivity contribution is 6.01. The van der Waals surface area contributed by atoms with Crippen molar-refractivity contribution in [3.63, 3.8) is 0 Å². The molecule has 1 aliphatic rings. The highest BCUT2D eigenvalue weighted by Crippen LogP contribution is 2.39. The Balaban J connectivity index is 2.21. The fraction of sp³-hybridized carbons (Fsp3) is 0.357. The molecule has 0 saturated heterocycles. The highest BCUT2D eigenvalue weighted by Gasteiger charge is 2.48. The smallest absolute Gasteiger partial charge is 0.329 e. The molecule has 0 spiro atoms. The summed E-state index contributed by atoms with van der Waals surface area (Å²) < 4.78 is 0. The number of amides is 2. The molecule has 2 rings (SSSR count). The van der Waals surface area contributed by atoms with Crippen LogP contribution in [-0.2, 0) is 4.79 Å².